The molecule has 0 aliphatic rings. The third-order valence-corrected chi connectivity index (χ3v) is 6.87. The monoisotopic (exact) mass is 483 g/mol. The standard InChI is InChI=1S/C27H25N5O2S/c1-17(2)19-11-5-7-13-21(19)28-24(33)16-35-27-30-29-26-31(22-14-8-4-10-18(22)3)25(34)20-12-6-9-15-23(20)32(26)27/h4-15,17H,16H2,1-3H3,(H,28,33). The number of carbonyl (C=O) groups excluding carboxylic acids is 1. The molecule has 0 fully saturated rings. The molecule has 0 saturated heterocycles. The lowest BCUT2D eigenvalue weighted by molar-refractivity contribution is -0.113. The molecule has 2 aromatic heterocycles. The fourth-order valence-electron chi connectivity index (χ4n) is 4.23. The topological polar surface area (TPSA) is 81.3 Å². The molecule has 0 atom stereocenters. The maximum Gasteiger partial charge on any atom is 0.267 e. The highest BCUT2D eigenvalue weighted by Crippen LogP contribution is 2.26. The SMILES string of the molecule is Cc1ccccc1-n1c(=O)c2ccccc2n2c(SCC(=O)Nc3ccccc3C(C)C)nnc12. The Morgan fingerprint density at radius 2 is 1.69 bits per heavy atom. The molecule has 0 aliphatic heterocycles. The second kappa shape index (κ2) is 9.38. The van der Waals surface area contributed by atoms with Gasteiger partial charge in [0, 0.05) is 5.69 Å². The van der Waals surface area contributed by atoms with Gasteiger partial charge in [-0.15, -0.1) is 10.2 Å². The number of nitrogens with zero attached hydrogens (tertiary/aromatic N) is 4. The van der Waals surface area contributed by atoms with Gasteiger partial charge < -0.3 is 5.32 Å². The Kier molecular flexibility index (Phi) is 6.13. The van der Waals surface area contributed by atoms with Gasteiger partial charge in [-0.05, 0) is 48.2 Å². The third-order valence-electron chi connectivity index (χ3n) is 5.94. The molecule has 0 radical (unpaired) electrons. The Morgan fingerprint density at radius 3 is 2.49 bits per heavy atom. The van der Waals surface area contributed by atoms with Crippen LogP contribution in [0.2, 0.25) is 0 Å². The highest BCUT2D eigenvalue weighted by molar-refractivity contribution is 7.99. The molecule has 176 valence electrons. The van der Waals surface area contributed by atoms with Crippen LogP contribution in [0.4, 0.5) is 5.69 Å². The van der Waals surface area contributed by atoms with E-state index >= 15 is 0 Å². The highest BCUT2D eigenvalue weighted by atomic mass is 32.2. The molecule has 8 heteroatoms. The summed E-state index contributed by atoms with van der Waals surface area (Å²) in [7, 11) is 0. The number of thioether (sulfide) groups is 1. The van der Waals surface area contributed by atoms with Crippen LogP contribution in [0.1, 0.15) is 30.9 Å². The fraction of sp³-hybridized carbons (Fsp3) is 0.185. The Hall–Kier alpha value is -3.91. The van der Waals surface area contributed by atoms with Crippen LogP contribution >= 0.6 is 11.8 Å². The summed E-state index contributed by atoms with van der Waals surface area (Å²) in [5, 5.41) is 12.9. The van der Waals surface area contributed by atoms with Crippen molar-refractivity contribution < 1.29 is 4.79 Å². The number of benzene rings is 3. The van der Waals surface area contributed by atoms with Gasteiger partial charge in [-0.1, -0.05) is 74.1 Å². The molecule has 0 aliphatic carbocycles. The molecule has 1 N–H and O–H groups in total. The Labute approximate surface area is 206 Å². The first-order chi connectivity index (χ1) is 17.0. The van der Waals surface area contributed by atoms with E-state index < -0.39 is 0 Å². The van der Waals surface area contributed by atoms with Gasteiger partial charge in [0.2, 0.25) is 11.7 Å². The van der Waals surface area contributed by atoms with Gasteiger partial charge in [0.1, 0.15) is 0 Å². The van der Waals surface area contributed by atoms with E-state index in [1.165, 1.54) is 11.8 Å². The van der Waals surface area contributed by atoms with Crippen molar-refractivity contribution in [3.63, 3.8) is 0 Å². The smallest absolute Gasteiger partial charge is 0.267 e. The van der Waals surface area contributed by atoms with E-state index in [1.54, 1.807) is 10.6 Å². The second-order valence-electron chi connectivity index (χ2n) is 8.64. The lowest BCUT2D eigenvalue weighted by Gasteiger charge is -2.14. The van der Waals surface area contributed by atoms with Gasteiger partial charge in [0.05, 0.1) is 22.3 Å². The van der Waals surface area contributed by atoms with E-state index in [-0.39, 0.29) is 17.2 Å². The van der Waals surface area contributed by atoms with Crippen molar-refractivity contribution in [2.24, 2.45) is 0 Å². The number of amides is 1. The van der Waals surface area contributed by atoms with Crippen molar-refractivity contribution in [3.8, 4) is 5.69 Å². The van der Waals surface area contributed by atoms with Crippen LogP contribution < -0.4 is 10.9 Å². The van der Waals surface area contributed by atoms with Crippen LogP contribution in [0, 0.1) is 6.92 Å². The van der Waals surface area contributed by atoms with Crippen molar-refractivity contribution in [2.45, 2.75) is 31.8 Å². The second-order valence-corrected chi connectivity index (χ2v) is 9.58. The van der Waals surface area contributed by atoms with E-state index in [0.29, 0.717) is 27.8 Å². The summed E-state index contributed by atoms with van der Waals surface area (Å²) in [5.41, 5.74) is 4.15. The van der Waals surface area contributed by atoms with Crippen LogP contribution in [-0.4, -0.2) is 30.8 Å². The van der Waals surface area contributed by atoms with E-state index in [0.717, 1.165) is 22.5 Å². The predicted octanol–water partition coefficient (Wildman–Crippen LogP) is 5.20. The molecule has 35 heavy (non-hydrogen) atoms. The normalized spacial score (nSPS) is 11.4. The summed E-state index contributed by atoms with van der Waals surface area (Å²) in [6.07, 6.45) is 0. The number of aryl methyl sites for hydroxylation is 1. The lowest BCUT2D eigenvalue weighted by atomic mass is 10.0. The van der Waals surface area contributed by atoms with Crippen LogP contribution in [-0.2, 0) is 4.79 Å². The number of hydrogen-bond donors (Lipinski definition) is 1. The number of carbonyl (C=O) groups is 1. The zero-order chi connectivity index (χ0) is 24.5. The summed E-state index contributed by atoms with van der Waals surface area (Å²) in [6.45, 7) is 6.15. The minimum atomic E-state index is -0.158. The van der Waals surface area contributed by atoms with Crippen LogP contribution in [0.3, 0.4) is 0 Å². The van der Waals surface area contributed by atoms with Crippen molar-refractivity contribution >= 4 is 40.0 Å². The van der Waals surface area contributed by atoms with Crippen LogP contribution in [0.5, 0.6) is 0 Å². The maximum absolute atomic E-state index is 13.5. The number of anilines is 1. The first-order valence-corrected chi connectivity index (χ1v) is 12.4. The molecule has 0 spiro atoms. The number of hydrogen-bond acceptors (Lipinski definition) is 5. The summed E-state index contributed by atoms with van der Waals surface area (Å²) in [5.74, 6) is 0.738. The van der Waals surface area contributed by atoms with Crippen molar-refractivity contribution in [3.05, 3.63) is 94.3 Å². The quantitative estimate of drug-likeness (QED) is 0.336. The summed E-state index contributed by atoms with van der Waals surface area (Å²) in [6, 6.07) is 22.9. The molecule has 0 saturated carbocycles. The van der Waals surface area contributed by atoms with E-state index in [9.17, 15) is 9.59 Å². The average molecular weight is 484 g/mol. The minimum Gasteiger partial charge on any atom is -0.325 e. The zero-order valence-corrected chi connectivity index (χ0v) is 20.5. The molecule has 1 amide bonds. The molecule has 5 aromatic rings. The fourth-order valence-corrected chi connectivity index (χ4v) is 4.97. The molecular formula is C27H25N5O2S. The summed E-state index contributed by atoms with van der Waals surface area (Å²) in [4.78, 5) is 26.3. The van der Waals surface area contributed by atoms with Crippen LogP contribution in [0.15, 0.2) is 82.7 Å². The Morgan fingerprint density at radius 1 is 0.971 bits per heavy atom. The van der Waals surface area contributed by atoms with E-state index in [1.807, 2.05) is 78.1 Å². The van der Waals surface area contributed by atoms with Crippen molar-refractivity contribution in [1.29, 1.82) is 0 Å². The number of aromatic nitrogens is 4. The van der Waals surface area contributed by atoms with Crippen molar-refractivity contribution in [2.75, 3.05) is 11.1 Å². The van der Waals surface area contributed by atoms with E-state index in [4.69, 9.17) is 0 Å². The van der Waals surface area contributed by atoms with Gasteiger partial charge in [-0.2, -0.15) is 0 Å². The van der Waals surface area contributed by atoms with Gasteiger partial charge >= 0.3 is 0 Å². The summed E-state index contributed by atoms with van der Waals surface area (Å²) >= 11 is 1.29. The first kappa shape index (κ1) is 22.9. The molecule has 0 bridgehead atoms. The van der Waals surface area contributed by atoms with E-state index in [2.05, 4.69) is 29.4 Å². The molecule has 0 unspecified atom stereocenters. The van der Waals surface area contributed by atoms with Gasteiger partial charge in [-0.3, -0.25) is 14.0 Å². The van der Waals surface area contributed by atoms with Gasteiger partial charge in [-0.25, -0.2) is 4.57 Å². The molecule has 3 aromatic carbocycles. The molecular weight excluding hydrogens is 458 g/mol. The Balaban J connectivity index is 1.54. The zero-order valence-electron chi connectivity index (χ0n) is 19.7. The predicted molar refractivity (Wildman–Crippen MR) is 141 cm³/mol. The van der Waals surface area contributed by atoms with Gasteiger partial charge in [0.15, 0.2) is 5.16 Å². The molecule has 5 rings (SSSR count). The molecule has 2 heterocycles. The van der Waals surface area contributed by atoms with Gasteiger partial charge in [0.25, 0.3) is 5.56 Å². The maximum atomic E-state index is 13.5. The number of nitrogens with one attached hydrogen (secondary N) is 1. The van der Waals surface area contributed by atoms with Crippen LogP contribution in [0.25, 0.3) is 22.4 Å². The number of fused-ring (bicyclic) bond motifs is 3. The van der Waals surface area contributed by atoms with Crippen molar-refractivity contribution in [1.82, 2.24) is 19.2 Å². The number of para-hydroxylation sites is 3. The molecule has 7 nitrogen and oxygen atoms in total. The lowest BCUT2D eigenvalue weighted by Crippen LogP contribution is -2.22. The first-order valence-electron chi connectivity index (χ1n) is 11.4. The Bertz CT molecular complexity index is 1620. The largest absolute Gasteiger partial charge is 0.325 e. The highest BCUT2D eigenvalue weighted by Gasteiger charge is 2.19. The number of rotatable bonds is 6. The summed E-state index contributed by atoms with van der Waals surface area (Å²) < 4.78 is 3.44. The third kappa shape index (κ3) is 4.21. The average Bonchev–Trinajstić information content (AvgIpc) is 3.28. The minimum absolute atomic E-state index is 0.128.